The molecule has 0 atom stereocenters. The summed E-state index contributed by atoms with van der Waals surface area (Å²) >= 11 is 0. The molecule has 16 nitrogen and oxygen atoms in total. The summed E-state index contributed by atoms with van der Waals surface area (Å²) < 4.78 is 38.3. The predicted octanol–water partition coefficient (Wildman–Crippen LogP) is 1.52. The zero-order valence-corrected chi connectivity index (χ0v) is 31.4. The van der Waals surface area contributed by atoms with Crippen molar-refractivity contribution in [2.75, 3.05) is 107 Å². The smallest absolute Gasteiger partial charge is 0.261 e. The summed E-state index contributed by atoms with van der Waals surface area (Å²) in [7, 11) is 4.67. The predicted molar refractivity (Wildman–Crippen MR) is 192 cm³/mol. The first-order valence-corrected chi connectivity index (χ1v) is 18.0. The zero-order chi connectivity index (χ0) is 38.7. The number of fused-ring (bicyclic) bond motifs is 1. The van der Waals surface area contributed by atoms with Gasteiger partial charge in [-0.05, 0) is 25.0 Å². The third kappa shape index (κ3) is 18.3. The Balaban J connectivity index is 2.02. The minimum atomic E-state index is -1.25. The number of carbonyl (C=O) groups excluding carboxylic acids is 6. The number of hydrogen-bond acceptors (Lipinski definition) is 13. The van der Waals surface area contributed by atoms with Crippen molar-refractivity contribution in [1.29, 1.82) is 0 Å². The Morgan fingerprint density at radius 3 is 1.57 bits per heavy atom. The van der Waals surface area contributed by atoms with E-state index in [-0.39, 0.29) is 103 Å². The van der Waals surface area contributed by atoms with Crippen molar-refractivity contribution < 1.29 is 61.9 Å². The van der Waals surface area contributed by atoms with Crippen LogP contribution in [-0.2, 0) is 52.3 Å². The Morgan fingerprint density at radius 1 is 0.585 bits per heavy atom. The maximum absolute atomic E-state index is 13.3. The molecule has 0 aliphatic carbocycles. The second kappa shape index (κ2) is 27.0. The van der Waals surface area contributed by atoms with Crippen molar-refractivity contribution in [3.8, 4) is 0 Å². The molecule has 0 saturated carbocycles. The van der Waals surface area contributed by atoms with Gasteiger partial charge in [0, 0.05) is 79.6 Å². The summed E-state index contributed by atoms with van der Waals surface area (Å²) in [5, 5.41) is 5.66. The van der Waals surface area contributed by atoms with Gasteiger partial charge in [-0.25, -0.2) is 0 Å². The van der Waals surface area contributed by atoms with E-state index in [9.17, 15) is 28.8 Å². The van der Waals surface area contributed by atoms with Crippen molar-refractivity contribution >= 4 is 35.2 Å². The number of methoxy groups -OCH3 is 3. The first kappa shape index (κ1) is 45.5. The summed E-state index contributed by atoms with van der Waals surface area (Å²) in [6.45, 7) is 1.64. The summed E-state index contributed by atoms with van der Waals surface area (Å²) in [6.07, 6.45) is 2.19. The third-order valence-electron chi connectivity index (χ3n) is 8.11. The maximum atomic E-state index is 13.3. The lowest BCUT2D eigenvalue weighted by atomic mass is 10.0. The molecule has 0 unspecified atom stereocenters. The molecule has 1 aromatic rings. The highest BCUT2D eigenvalue weighted by Gasteiger charge is 2.35. The molecule has 1 aliphatic rings. The molecule has 1 aromatic carbocycles. The third-order valence-corrected chi connectivity index (χ3v) is 8.11. The molecule has 0 aromatic heterocycles. The second-order valence-corrected chi connectivity index (χ2v) is 12.5. The molecule has 1 heterocycles. The van der Waals surface area contributed by atoms with Gasteiger partial charge in [0.2, 0.25) is 11.8 Å². The van der Waals surface area contributed by atoms with Crippen LogP contribution in [-0.4, -0.2) is 153 Å². The molecule has 53 heavy (non-hydrogen) atoms. The summed E-state index contributed by atoms with van der Waals surface area (Å²) in [5.41, 5.74) is -0.558. The number of rotatable bonds is 33. The van der Waals surface area contributed by atoms with E-state index in [1.807, 2.05) is 0 Å². The normalized spacial score (nSPS) is 12.6. The van der Waals surface area contributed by atoms with E-state index in [1.165, 1.54) is 7.11 Å². The minimum absolute atomic E-state index is 0.00835. The molecule has 0 spiro atoms. The second-order valence-electron chi connectivity index (χ2n) is 12.5. The van der Waals surface area contributed by atoms with Crippen LogP contribution in [0.3, 0.4) is 0 Å². The summed E-state index contributed by atoms with van der Waals surface area (Å²) in [5.74, 6) is -1.43. The Kier molecular flexibility index (Phi) is 23.2. The number of ether oxygens (including phenoxy) is 7. The standard InChI is InChI=1S/C37H57N3O13/c1-47-18-6-8-29(41)12-20-51-26-37(27-52-21-13-30(42)9-7-19-48-2,28-53-23-14-33(43)38-16-24-49-3)39-34(44)15-22-50-25-17-40-35(45)31-10-4-5-11-32(31)36(40)46/h4-5,10-11H,6-9,12-28H2,1-3H3,(H,38,43)(H,39,44). The van der Waals surface area contributed by atoms with Crippen LogP contribution in [0, 0.1) is 0 Å². The summed E-state index contributed by atoms with van der Waals surface area (Å²) in [6, 6.07) is 6.59. The maximum Gasteiger partial charge on any atom is 0.261 e. The van der Waals surface area contributed by atoms with E-state index in [0.717, 1.165) is 4.90 Å². The molecule has 1 aliphatic heterocycles. The van der Waals surface area contributed by atoms with E-state index in [0.29, 0.717) is 63.2 Å². The van der Waals surface area contributed by atoms with Crippen LogP contribution in [0.2, 0.25) is 0 Å². The first-order valence-electron chi connectivity index (χ1n) is 18.0. The highest BCUT2D eigenvalue weighted by Crippen LogP contribution is 2.22. The molecule has 16 heteroatoms. The fourth-order valence-corrected chi connectivity index (χ4v) is 5.25. The van der Waals surface area contributed by atoms with Gasteiger partial charge in [-0.2, -0.15) is 0 Å². The fourth-order valence-electron chi connectivity index (χ4n) is 5.25. The van der Waals surface area contributed by atoms with Gasteiger partial charge in [-0.3, -0.25) is 33.7 Å². The summed E-state index contributed by atoms with van der Waals surface area (Å²) in [4.78, 5) is 76.5. The van der Waals surface area contributed by atoms with Crippen LogP contribution in [0.15, 0.2) is 24.3 Å². The Bertz CT molecular complexity index is 1180. The van der Waals surface area contributed by atoms with E-state index in [1.54, 1.807) is 38.5 Å². The van der Waals surface area contributed by atoms with Gasteiger partial charge < -0.3 is 43.8 Å². The van der Waals surface area contributed by atoms with E-state index in [4.69, 9.17) is 33.2 Å². The van der Waals surface area contributed by atoms with E-state index >= 15 is 0 Å². The highest BCUT2D eigenvalue weighted by molar-refractivity contribution is 6.21. The Hall–Kier alpha value is -3.64. The molecule has 0 radical (unpaired) electrons. The molecule has 298 valence electrons. The topological polar surface area (TPSA) is 194 Å². The van der Waals surface area contributed by atoms with Gasteiger partial charge in [0.05, 0.1) is 77.1 Å². The Labute approximate surface area is 311 Å². The molecular formula is C37H57N3O13. The molecule has 0 bridgehead atoms. The Morgan fingerprint density at radius 2 is 1.06 bits per heavy atom. The van der Waals surface area contributed by atoms with Crippen molar-refractivity contribution in [3.63, 3.8) is 0 Å². The van der Waals surface area contributed by atoms with Crippen LogP contribution in [0.5, 0.6) is 0 Å². The molecule has 2 rings (SSSR count). The molecular weight excluding hydrogens is 694 g/mol. The quantitative estimate of drug-likeness (QED) is 0.0777. The number of hydrogen-bond donors (Lipinski definition) is 2. The molecule has 0 fully saturated rings. The lowest BCUT2D eigenvalue weighted by Crippen LogP contribution is -2.59. The molecule has 0 saturated heterocycles. The molecule has 4 amide bonds. The molecule has 2 N–H and O–H groups in total. The van der Waals surface area contributed by atoms with Crippen LogP contribution < -0.4 is 10.6 Å². The van der Waals surface area contributed by atoms with Gasteiger partial charge in [-0.15, -0.1) is 0 Å². The van der Waals surface area contributed by atoms with Crippen molar-refractivity contribution in [2.24, 2.45) is 0 Å². The van der Waals surface area contributed by atoms with Crippen LogP contribution in [0.25, 0.3) is 0 Å². The van der Waals surface area contributed by atoms with Crippen molar-refractivity contribution in [3.05, 3.63) is 35.4 Å². The SMILES string of the molecule is COCCCC(=O)CCOCC(COCCC(=O)CCCOC)(COCCC(=O)NCCOC)NC(=O)CCOCCN1C(=O)c2ccccc2C1=O. The number of benzene rings is 1. The number of nitrogens with one attached hydrogen (secondary N) is 2. The van der Waals surface area contributed by atoms with Crippen LogP contribution >= 0.6 is 0 Å². The largest absolute Gasteiger partial charge is 0.385 e. The minimum Gasteiger partial charge on any atom is -0.385 e. The number of Topliss-reactive ketones (excluding diaryl/α,β-unsaturated/α-hetero) is 2. The lowest BCUT2D eigenvalue weighted by molar-refractivity contribution is -0.131. The zero-order valence-electron chi connectivity index (χ0n) is 31.4. The first-order chi connectivity index (χ1) is 25.7. The van der Waals surface area contributed by atoms with Gasteiger partial charge in [0.25, 0.3) is 11.8 Å². The van der Waals surface area contributed by atoms with Crippen LogP contribution in [0.1, 0.15) is 72.1 Å². The fraction of sp³-hybridized carbons (Fsp3) is 0.676. The van der Waals surface area contributed by atoms with E-state index in [2.05, 4.69) is 10.6 Å². The van der Waals surface area contributed by atoms with Crippen LogP contribution in [0.4, 0.5) is 0 Å². The average molecular weight is 752 g/mol. The average Bonchev–Trinajstić information content (AvgIpc) is 3.38. The lowest BCUT2D eigenvalue weighted by Gasteiger charge is -2.34. The number of carbonyl (C=O) groups is 6. The highest BCUT2D eigenvalue weighted by atomic mass is 16.5. The van der Waals surface area contributed by atoms with Gasteiger partial charge in [-0.1, -0.05) is 12.1 Å². The monoisotopic (exact) mass is 751 g/mol. The van der Waals surface area contributed by atoms with Gasteiger partial charge in [0.1, 0.15) is 17.1 Å². The van der Waals surface area contributed by atoms with Gasteiger partial charge >= 0.3 is 0 Å². The van der Waals surface area contributed by atoms with Gasteiger partial charge in [0.15, 0.2) is 0 Å². The number of imide groups is 1. The van der Waals surface area contributed by atoms with Crippen molar-refractivity contribution in [1.82, 2.24) is 15.5 Å². The van der Waals surface area contributed by atoms with Crippen molar-refractivity contribution in [2.45, 2.75) is 56.9 Å². The number of amides is 4. The number of ketones is 2. The van der Waals surface area contributed by atoms with E-state index < -0.39 is 23.3 Å². The number of nitrogens with zero attached hydrogens (tertiary/aromatic N) is 1.